The quantitative estimate of drug-likeness (QED) is 0.692. The van der Waals surface area contributed by atoms with Crippen LogP contribution in [0.15, 0.2) is 24.3 Å². The predicted octanol–water partition coefficient (Wildman–Crippen LogP) is 1.89. The molecule has 2 atom stereocenters. The summed E-state index contributed by atoms with van der Waals surface area (Å²) in [5, 5.41) is 16.8. The lowest BCUT2D eigenvalue weighted by Crippen LogP contribution is -2.28. The van der Waals surface area contributed by atoms with Gasteiger partial charge in [-0.3, -0.25) is 9.48 Å². The molecule has 4 N–H and O–H groups in total. The zero-order chi connectivity index (χ0) is 19.8. The summed E-state index contributed by atoms with van der Waals surface area (Å²) >= 11 is 0. The van der Waals surface area contributed by atoms with Crippen molar-refractivity contribution in [3.8, 4) is 5.75 Å². The van der Waals surface area contributed by atoms with E-state index in [2.05, 4.69) is 17.3 Å². The SMILES string of the molecule is C[C@H]1CCOCC1n1cc(C(N)=O)c(Nc2ccc3c(c2F)C=CB(O)O3)n1. The molecule has 1 aromatic carbocycles. The molecule has 1 aromatic heterocycles. The number of halogens is 1. The van der Waals surface area contributed by atoms with Crippen molar-refractivity contribution < 1.29 is 23.6 Å². The molecule has 3 heterocycles. The smallest absolute Gasteiger partial charge is 0.532 e. The second-order valence-corrected chi connectivity index (χ2v) is 6.98. The van der Waals surface area contributed by atoms with Gasteiger partial charge in [-0.25, -0.2) is 4.39 Å². The van der Waals surface area contributed by atoms with E-state index in [0.717, 1.165) is 6.42 Å². The second kappa shape index (κ2) is 7.29. The summed E-state index contributed by atoms with van der Waals surface area (Å²) in [6, 6.07) is 2.95. The number of aromatic nitrogens is 2. The first-order chi connectivity index (χ1) is 13.4. The van der Waals surface area contributed by atoms with E-state index in [1.165, 1.54) is 24.2 Å². The molecule has 2 aliphatic heterocycles. The highest BCUT2D eigenvalue weighted by molar-refractivity contribution is 6.51. The number of fused-ring (bicyclic) bond motifs is 1. The largest absolute Gasteiger partial charge is 0.552 e. The summed E-state index contributed by atoms with van der Waals surface area (Å²) in [4.78, 5) is 11.9. The van der Waals surface area contributed by atoms with Gasteiger partial charge < -0.3 is 25.5 Å². The van der Waals surface area contributed by atoms with Crippen molar-refractivity contribution in [3.63, 3.8) is 0 Å². The van der Waals surface area contributed by atoms with Crippen molar-refractivity contribution in [1.82, 2.24) is 9.78 Å². The molecule has 0 saturated carbocycles. The maximum Gasteiger partial charge on any atom is 0.552 e. The Morgan fingerprint density at radius 2 is 2.32 bits per heavy atom. The van der Waals surface area contributed by atoms with Crippen LogP contribution in [0.4, 0.5) is 15.9 Å². The highest BCUT2D eigenvalue weighted by Gasteiger charge is 2.27. The Labute approximate surface area is 161 Å². The zero-order valence-electron chi connectivity index (χ0n) is 15.3. The van der Waals surface area contributed by atoms with Gasteiger partial charge in [0.2, 0.25) is 0 Å². The van der Waals surface area contributed by atoms with Crippen LogP contribution in [0, 0.1) is 11.7 Å². The fourth-order valence-electron chi connectivity index (χ4n) is 3.41. The van der Waals surface area contributed by atoms with Gasteiger partial charge >= 0.3 is 7.12 Å². The lowest BCUT2D eigenvalue weighted by atomic mass is 9.86. The monoisotopic (exact) mass is 386 g/mol. The number of rotatable bonds is 4. The number of benzene rings is 1. The summed E-state index contributed by atoms with van der Waals surface area (Å²) in [6.07, 6.45) is 3.89. The topological polar surface area (TPSA) is 112 Å². The third-order valence-corrected chi connectivity index (χ3v) is 5.07. The van der Waals surface area contributed by atoms with Crippen molar-refractivity contribution in [2.24, 2.45) is 11.7 Å². The first-order valence-electron chi connectivity index (χ1n) is 9.03. The molecule has 10 heteroatoms. The minimum atomic E-state index is -1.11. The number of amides is 1. The summed E-state index contributed by atoms with van der Waals surface area (Å²) < 4.78 is 27.2. The van der Waals surface area contributed by atoms with Gasteiger partial charge in [0.25, 0.3) is 5.91 Å². The lowest BCUT2D eigenvalue weighted by molar-refractivity contribution is 0.0238. The maximum absolute atomic E-state index is 14.9. The predicted molar refractivity (Wildman–Crippen MR) is 102 cm³/mol. The molecule has 0 radical (unpaired) electrons. The van der Waals surface area contributed by atoms with E-state index in [1.54, 1.807) is 10.9 Å². The van der Waals surface area contributed by atoms with Crippen LogP contribution in [0.5, 0.6) is 5.75 Å². The molecule has 4 rings (SSSR count). The number of anilines is 2. The minimum absolute atomic E-state index is 0.0337. The molecular formula is C18H20BFN4O4. The Balaban J connectivity index is 1.67. The number of ether oxygens (including phenoxy) is 1. The molecule has 1 fully saturated rings. The van der Waals surface area contributed by atoms with Crippen molar-refractivity contribution >= 4 is 30.6 Å². The number of nitrogens with one attached hydrogen (secondary N) is 1. The van der Waals surface area contributed by atoms with Crippen LogP contribution >= 0.6 is 0 Å². The fraction of sp³-hybridized carbons (Fsp3) is 0.333. The molecule has 28 heavy (non-hydrogen) atoms. The third-order valence-electron chi connectivity index (χ3n) is 5.07. The van der Waals surface area contributed by atoms with Gasteiger partial charge in [0, 0.05) is 12.8 Å². The molecule has 8 nitrogen and oxygen atoms in total. The number of primary amides is 1. The average molecular weight is 386 g/mol. The van der Waals surface area contributed by atoms with Gasteiger partial charge in [-0.15, -0.1) is 0 Å². The van der Waals surface area contributed by atoms with E-state index >= 15 is 0 Å². The molecule has 1 amide bonds. The van der Waals surface area contributed by atoms with Gasteiger partial charge in [0.15, 0.2) is 11.6 Å². The Morgan fingerprint density at radius 1 is 1.50 bits per heavy atom. The number of hydrogen-bond acceptors (Lipinski definition) is 6. The number of nitrogens with zero attached hydrogens (tertiary/aromatic N) is 2. The highest BCUT2D eigenvalue weighted by atomic mass is 19.1. The minimum Gasteiger partial charge on any atom is -0.532 e. The first-order valence-corrected chi connectivity index (χ1v) is 9.03. The Bertz CT molecular complexity index is 948. The fourth-order valence-corrected chi connectivity index (χ4v) is 3.41. The molecule has 0 aliphatic carbocycles. The van der Waals surface area contributed by atoms with Gasteiger partial charge in [-0.1, -0.05) is 13.0 Å². The number of carbonyl (C=O) groups is 1. The summed E-state index contributed by atoms with van der Waals surface area (Å²) in [5.74, 6) is 0.805. The molecule has 1 unspecified atom stereocenters. The molecule has 0 bridgehead atoms. The van der Waals surface area contributed by atoms with Crippen LogP contribution in [0.2, 0.25) is 0 Å². The second-order valence-electron chi connectivity index (χ2n) is 6.98. The summed E-state index contributed by atoms with van der Waals surface area (Å²) in [5.41, 5.74) is 5.97. The van der Waals surface area contributed by atoms with Gasteiger partial charge in [0.05, 0.1) is 23.9 Å². The first kappa shape index (κ1) is 18.5. The van der Waals surface area contributed by atoms with Gasteiger partial charge in [-0.2, -0.15) is 5.10 Å². The third kappa shape index (κ3) is 3.36. The van der Waals surface area contributed by atoms with Crippen molar-refractivity contribution in [3.05, 3.63) is 41.2 Å². The van der Waals surface area contributed by atoms with Crippen LogP contribution in [0.1, 0.15) is 35.3 Å². The standard InChI is InChI=1S/C18H20BFN4O4/c1-10-5-7-27-9-14(10)24-8-12(17(21)25)18(23-24)22-13-2-3-15-11(16(13)20)4-6-19(26)28-15/h2-4,6,8,10,14,26H,5,7,9H2,1H3,(H2,21,25)(H,22,23)/t10-,14?/m0/s1. The van der Waals surface area contributed by atoms with E-state index in [-0.39, 0.29) is 34.4 Å². The molecule has 2 aliphatic rings. The Hall–Kier alpha value is -2.85. The normalized spacial score (nSPS) is 21.2. The van der Waals surface area contributed by atoms with Gasteiger partial charge in [0.1, 0.15) is 11.3 Å². The van der Waals surface area contributed by atoms with Gasteiger partial charge in [-0.05, 0) is 30.4 Å². The van der Waals surface area contributed by atoms with E-state index < -0.39 is 18.8 Å². The number of hydrogen-bond donors (Lipinski definition) is 3. The number of nitrogens with two attached hydrogens (primary N) is 1. The lowest BCUT2D eigenvalue weighted by Gasteiger charge is -2.28. The van der Waals surface area contributed by atoms with Crippen LogP contribution in [0.25, 0.3) is 6.08 Å². The molecule has 0 spiro atoms. The van der Waals surface area contributed by atoms with Crippen molar-refractivity contribution in [2.45, 2.75) is 19.4 Å². The maximum atomic E-state index is 14.9. The Morgan fingerprint density at radius 3 is 3.07 bits per heavy atom. The van der Waals surface area contributed by atoms with E-state index in [1.807, 2.05) is 0 Å². The molecule has 2 aromatic rings. The van der Waals surface area contributed by atoms with Crippen LogP contribution < -0.4 is 15.7 Å². The van der Waals surface area contributed by atoms with Crippen LogP contribution in [0.3, 0.4) is 0 Å². The summed E-state index contributed by atoms with van der Waals surface area (Å²) in [6.45, 7) is 3.27. The van der Waals surface area contributed by atoms with E-state index in [4.69, 9.17) is 15.1 Å². The van der Waals surface area contributed by atoms with E-state index in [9.17, 15) is 14.2 Å². The van der Waals surface area contributed by atoms with Crippen molar-refractivity contribution in [1.29, 1.82) is 0 Å². The molecular weight excluding hydrogens is 366 g/mol. The highest BCUT2D eigenvalue weighted by Crippen LogP contribution is 2.34. The average Bonchev–Trinajstić information content (AvgIpc) is 3.08. The van der Waals surface area contributed by atoms with E-state index in [0.29, 0.717) is 19.1 Å². The molecule has 146 valence electrons. The molecule has 1 saturated heterocycles. The summed E-state index contributed by atoms with van der Waals surface area (Å²) in [7, 11) is -1.11. The number of carbonyl (C=O) groups excluding carboxylic acids is 1. The van der Waals surface area contributed by atoms with Crippen molar-refractivity contribution in [2.75, 3.05) is 18.5 Å². The Kier molecular flexibility index (Phi) is 4.82. The zero-order valence-corrected chi connectivity index (χ0v) is 15.3. The van der Waals surface area contributed by atoms with Crippen LogP contribution in [-0.4, -0.2) is 41.0 Å². The van der Waals surface area contributed by atoms with Crippen LogP contribution in [-0.2, 0) is 4.74 Å².